The van der Waals surface area contributed by atoms with Crippen LogP contribution < -0.4 is 16.1 Å². The zero-order valence-corrected chi connectivity index (χ0v) is 18.0. The van der Waals surface area contributed by atoms with Crippen LogP contribution in [0.5, 0.6) is 0 Å². The molecule has 1 aliphatic rings. The number of hydrogen-bond donors (Lipinski definition) is 3. The molecule has 0 radical (unpaired) electrons. The van der Waals surface area contributed by atoms with Gasteiger partial charge in [-0.3, -0.25) is 19.2 Å². The van der Waals surface area contributed by atoms with E-state index < -0.39 is 5.91 Å². The van der Waals surface area contributed by atoms with Crippen molar-refractivity contribution in [2.45, 2.75) is 26.7 Å². The first kappa shape index (κ1) is 24.1. The van der Waals surface area contributed by atoms with Gasteiger partial charge in [0.25, 0.3) is 12.4 Å². The normalized spacial score (nSPS) is 13.2. The molecule has 0 atom stereocenters. The number of unbranched alkanes of at least 4 members (excludes halogenated alkanes) is 1. The lowest BCUT2D eigenvalue weighted by molar-refractivity contribution is -0.130. The molecule has 2 heterocycles. The Hall–Kier alpha value is -3.20. The summed E-state index contributed by atoms with van der Waals surface area (Å²) in [6, 6.07) is 6.67. The lowest BCUT2D eigenvalue weighted by Crippen LogP contribution is -2.49. The lowest BCUT2D eigenvalue weighted by Gasteiger charge is -2.27. The fraction of sp³-hybridized carbons (Fsp3) is 0.455. The monoisotopic (exact) mass is 430 g/mol. The van der Waals surface area contributed by atoms with Crippen LogP contribution in [0, 0.1) is 6.92 Å². The molecule has 3 N–H and O–H groups in total. The average molecular weight is 431 g/mol. The maximum Gasteiger partial charge on any atom is 0.293 e. The Bertz CT molecular complexity index is 951. The third-order valence-corrected chi connectivity index (χ3v) is 4.78. The number of pyridine rings is 1. The number of nitrogens with one attached hydrogen (secondary N) is 3. The summed E-state index contributed by atoms with van der Waals surface area (Å²) < 4.78 is 4.39. The molecule has 168 valence electrons. The van der Waals surface area contributed by atoms with E-state index in [1.165, 1.54) is 6.07 Å². The van der Waals surface area contributed by atoms with Crippen LogP contribution in [0.2, 0.25) is 0 Å². The lowest BCUT2D eigenvalue weighted by atomic mass is 10.1. The van der Waals surface area contributed by atoms with Gasteiger partial charge in [-0.15, -0.1) is 0 Å². The van der Waals surface area contributed by atoms with Crippen LogP contribution in [0.4, 0.5) is 0 Å². The van der Waals surface area contributed by atoms with Gasteiger partial charge >= 0.3 is 0 Å². The van der Waals surface area contributed by atoms with E-state index in [0.717, 1.165) is 31.5 Å². The summed E-state index contributed by atoms with van der Waals surface area (Å²) >= 11 is 0. The van der Waals surface area contributed by atoms with Gasteiger partial charge in [-0.1, -0.05) is 19.4 Å². The van der Waals surface area contributed by atoms with Crippen molar-refractivity contribution in [2.75, 3.05) is 39.3 Å². The molecule has 0 spiro atoms. The Kier molecular flexibility index (Phi) is 9.70. The van der Waals surface area contributed by atoms with Crippen LogP contribution in [0.1, 0.15) is 35.8 Å². The van der Waals surface area contributed by atoms with Gasteiger partial charge in [0.15, 0.2) is 5.43 Å². The van der Waals surface area contributed by atoms with Crippen LogP contribution in [0.15, 0.2) is 29.1 Å². The second kappa shape index (κ2) is 12.5. The molecule has 0 bridgehead atoms. The van der Waals surface area contributed by atoms with Crippen molar-refractivity contribution in [1.29, 1.82) is 0 Å². The summed E-state index contributed by atoms with van der Waals surface area (Å²) in [7, 11) is 0. The first-order chi connectivity index (χ1) is 15.0. The second-order valence-electron chi connectivity index (χ2n) is 7.23. The number of H-pyrrole nitrogens is 1. The fourth-order valence-electron chi connectivity index (χ4n) is 3.04. The molecule has 1 saturated heterocycles. The van der Waals surface area contributed by atoms with E-state index >= 15 is 0 Å². The van der Waals surface area contributed by atoms with Crippen molar-refractivity contribution in [3.05, 3.63) is 45.7 Å². The molecule has 0 aliphatic carbocycles. The number of nitrogens with zero attached hydrogens (tertiary/aromatic N) is 1. The summed E-state index contributed by atoms with van der Waals surface area (Å²) in [6.07, 6.45) is 2.05. The first-order valence-electron chi connectivity index (χ1n) is 10.4. The zero-order chi connectivity index (χ0) is 22.6. The van der Waals surface area contributed by atoms with Crippen molar-refractivity contribution < 1.29 is 19.1 Å². The smallest absolute Gasteiger partial charge is 0.293 e. The van der Waals surface area contributed by atoms with Crippen LogP contribution >= 0.6 is 0 Å². The van der Waals surface area contributed by atoms with Gasteiger partial charge in [0.2, 0.25) is 5.91 Å². The minimum atomic E-state index is -0.459. The molecular formula is C22H30N4O5. The van der Waals surface area contributed by atoms with E-state index in [1.807, 2.05) is 26.0 Å². The number of fused-ring (bicyclic) bond motifs is 1. The van der Waals surface area contributed by atoms with Crippen LogP contribution in [-0.4, -0.2) is 67.5 Å². The molecule has 1 aromatic carbocycles. The number of carbonyl (C=O) groups excluding carboxylic acids is 3. The number of aromatic nitrogens is 1. The Morgan fingerprint density at radius 2 is 1.97 bits per heavy atom. The fourth-order valence-corrected chi connectivity index (χ4v) is 3.04. The van der Waals surface area contributed by atoms with Gasteiger partial charge in [0.1, 0.15) is 5.69 Å². The van der Waals surface area contributed by atoms with Crippen molar-refractivity contribution >= 4 is 29.2 Å². The molecule has 0 unspecified atom stereocenters. The van der Waals surface area contributed by atoms with Gasteiger partial charge in [0, 0.05) is 37.6 Å². The third-order valence-electron chi connectivity index (χ3n) is 4.78. The molecular weight excluding hydrogens is 400 g/mol. The molecule has 0 saturated carbocycles. The SMILES string of the molecule is CCCCOC=O.Cc1ccc2c(=O)cc(C(=O)NCC(=O)N3CCNCC3)[nH]c2c1. The summed E-state index contributed by atoms with van der Waals surface area (Å²) in [5, 5.41) is 6.29. The highest BCUT2D eigenvalue weighted by Gasteiger charge is 2.17. The van der Waals surface area contributed by atoms with Crippen molar-refractivity contribution in [3.63, 3.8) is 0 Å². The van der Waals surface area contributed by atoms with Gasteiger partial charge in [-0.2, -0.15) is 0 Å². The van der Waals surface area contributed by atoms with Gasteiger partial charge in [-0.05, 0) is 31.0 Å². The van der Waals surface area contributed by atoms with Crippen LogP contribution in [0.25, 0.3) is 10.9 Å². The van der Waals surface area contributed by atoms with E-state index in [1.54, 1.807) is 11.0 Å². The predicted molar refractivity (Wildman–Crippen MR) is 118 cm³/mol. The van der Waals surface area contributed by atoms with E-state index in [2.05, 4.69) is 20.4 Å². The Balaban J connectivity index is 0.000000423. The third kappa shape index (κ3) is 7.53. The standard InChI is InChI=1S/C17H20N4O3.C5H10O2/c1-11-2-3-12-13(8-11)20-14(9-15(12)22)17(24)19-10-16(23)21-6-4-18-5-7-21;1-2-3-4-7-5-6/h2-3,8-9,18H,4-7,10H2,1H3,(H,19,24)(H,20,22);5H,2-4H2,1H3. The summed E-state index contributed by atoms with van der Waals surface area (Å²) in [5.41, 5.74) is 1.54. The molecule has 1 aliphatic heterocycles. The number of carbonyl (C=O) groups is 3. The molecule has 2 aromatic rings. The maximum atomic E-state index is 12.2. The molecule has 1 fully saturated rings. The summed E-state index contributed by atoms with van der Waals surface area (Å²) in [6.45, 7) is 7.74. The number of hydrogen-bond acceptors (Lipinski definition) is 6. The number of aromatic amines is 1. The minimum absolute atomic E-state index is 0.0767. The highest BCUT2D eigenvalue weighted by atomic mass is 16.5. The van der Waals surface area contributed by atoms with E-state index in [9.17, 15) is 19.2 Å². The van der Waals surface area contributed by atoms with Gasteiger partial charge < -0.3 is 25.3 Å². The second-order valence-corrected chi connectivity index (χ2v) is 7.23. The average Bonchev–Trinajstić information content (AvgIpc) is 2.78. The Morgan fingerprint density at radius 1 is 1.23 bits per heavy atom. The number of ether oxygens (including phenoxy) is 1. The largest absolute Gasteiger partial charge is 0.468 e. The van der Waals surface area contributed by atoms with Crippen molar-refractivity contribution in [3.8, 4) is 0 Å². The molecule has 9 heteroatoms. The first-order valence-corrected chi connectivity index (χ1v) is 10.4. The Morgan fingerprint density at radius 3 is 2.65 bits per heavy atom. The van der Waals surface area contributed by atoms with Gasteiger partial charge in [0.05, 0.1) is 18.7 Å². The number of piperazine rings is 1. The summed E-state index contributed by atoms with van der Waals surface area (Å²) in [4.78, 5) is 50.6. The van der Waals surface area contributed by atoms with Crippen LogP contribution in [0.3, 0.4) is 0 Å². The topological polar surface area (TPSA) is 121 Å². The number of amides is 2. The predicted octanol–water partition coefficient (Wildman–Crippen LogP) is 0.958. The molecule has 1 aromatic heterocycles. The van der Waals surface area contributed by atoms with E-state index in [4.69, 9.17) is 0 Å². The Labute approximate surface area is 181 Å². The number of aryl methyl sites for hydroxylation is 1. The summed E-state index contributed by atoms with van der Waals surface area (Å²) in [5.74, 6) is -0.581. The molecule has 31 heavy (non-hydrogen) atoms. The maximum absolute atomic E-state index is 12.2. The number of benzene rings is 1. The van der Waals surface area contributed by atoms with Crippen molar-refractivity contribution in [2.24, 2.45) is 0 Å². The number of rotatable bonds is 7. The molecule has 3 rings (SSSR count). The molecule has 9 nitrogen and oxygen atoms in total. The highest BCUT2D eigenvalue weighted by Crippen LogP contribution is 2.10. The van der Waals surface area contributed by atoms with Crippen molar-refractivity contribution in [1.82, 2.24) is 20.5 Å². The minimum Gasteiger partial charge on any atom is -0.468 e. The van der Waals surface area contributed by atoms with Gasteiger partial charge in [-0.25, -0.2) is 0 Å². The molecule has 2 amide bonds. The highest BCUT2D eigenvalue weighted by molar-refractivity contribution is 5.96. The van der Waals surface area contributed by atoms with Crippen LogP contribution in [-0.2, 0) is 14.3 Å². The zero-order valence-electron chi connectivity index (χ0n) is 18.0. The quantitative estimate of drug-likeness (QED) is 0.444. The van der Waals surface area contributed by atoms with E-state index in [-0.39, 0.29) is 23.6 Å². The van der Waals surface area contributed by atoms with E-state index in [0.29, 0.717) is 37.1 Å².